The van der Waals surface area contributed by atoms with Gasteiger partial charge >= 0.3 is 5.97 Å². The lowest BCUT2D eigenvalue weighted by molar-refractivity contribution is -0.142. The lowest BCUT2D eigenvalue weighted by Crippen LogP contribution is -2.22. The molecule has 0 heterocycles. The molecule has 0 aromatic heterocycles. The molecule has 0 unspecified atom stereocenters. The number of methoxy groups -OCH3 is 1. The maximum atomic E-state index is 11.6. The molecule has 0 spiro atoms. The van der Waals surface area contributed by atoms with Gasteiger partial charge in [-0.25, -0.2) is 0 Å². The maximum absolute atomic E-state index is 11.6. The summed E-state index contributed by atoms with van der Waals surface area (Å²) in [5.41, 5.74) is 9.62. The Kier molecular flexibility index (Phi) is 5.17. The van der Waals surface area contributed by atoms with Gasteiger partial charge in [0.05, 0.1) is 7.11 Å². The molecule has 4 heteroatoms. The Balaban J connectivity index is 2.18. The zero-order valence-corrected chi connectivity index (χ0v) is 13.1. The van der Waals surface area contributed by atoms with Crippen molar-refractivity contribution in [3.63, 3.8) is 0 Å². The number of hydrogen-bond acceptors (Lipinski definition) is 4. The number of esters is 1. The van der Waals surface area contributed by atoms with Crippen molar-refractivity contribution in [3.8, 4) is 5.75 Å². The summed E-state index contributed by atoms with van der Waals surface area (Å²) in [5, 5.41) is 0. The van der Waals surface area contributed by atoms with E-state index in [2.05, 4.69) is 4.74 Å². The van der Waals surface area contributed by atoms with Crippen LogP contribution in [0.4, 0.5) is 0 Å². The van der Waals surface area contributed by atoms with Gasteiger partial charge in [0, 0.05) is 0 Å². The topological polar surface area (TPSA) is 61.5 Å². The highest BCUT2D eigenvalue weighted by molar-refractivity contribution is 5.77. The van der Waals surface area contributed by atoms with Crippen LogP contribution in [0.5, 0.6) is 5.75 Å². The van der Waals surface area contributed by atoms with Crippen molar-refractivity contribution in [2.24, 2.45) is 5.73 Å². The highest BCUT2D eigenvalue weighted by Gasteiger charge is 2.18. The van der Waals surface area contributed by atoms with Gasteiger partial charge in [-0.2, -0.15) is 0 Å². The molecule has 0 radical (unpaired) electrons. The van der Waals surface area contributed by atoms with Crippen LogP contribution >= 0.6 is 0 Å². The van der Waals surface area contributed by atoms with Crippen molar-refractivity contribution in [2.45, 2.75) is 26.5 Å². The molecule has 0 amide bonds. The first-order valence-corrected chi connectivity index (χ1v) is 7.14. The molecule has 4 nitrogen and oxygen atoms in total. The smallest absolute Gasteiger partial charge is 0.327 e. The van der Waals surface area contributed by atoms with Gasteiger partial charge in [-0.3, -0.25) is 4.79 Å². The summed E-state index contributed by atoms with van der Waals surface area (Å²) in [6.45, 7) is 4.40. The number of benzene rings is 2. The Bertz CT molecular complexity index is 630. The summed E-state index contributed by atoms with van der Waals surface area (Å²) in [7, 11) is 1.33. The predicted octanol–water partition coefficient (Wildman–Crippen LogP) is 3.06. The summed E-state index contributed by atoms with van der Waals surface area (Å²) in [6.07, 6.45) is 0. The Morgan fingerprint density at radius 1 is 1.14 bits per heavy atom. The molecule has 1 atom stereocenters. The van der Waals surface area contributed by atoms with Crippen molar-refractivity contribution in [1.29, 1.82) is 0 Å². The van der Waals surface area contributed by atoms with Crippen LogP contribution in [0.3, 0.4) is 0 Å². The van der Waals surface area contributed by atoms with E-state index in [0.29, 0.717) is 6.61 Å². The normalized spacial score (nSPS) is 11.8. The summed E-state index contributed by atoms with van der Waals surface area (Å²) in [4.78, 5) is 11.6. The molecular weight excluding hydrogens is 278 g/mol. The van der Waals surface area contributed by atoms with Crippen LogP contribution in [0.15, 0.2) is 42.5 Å². The van der Waals surface area contributed by atoms with E-state index in [1.807, 2.05) is 56.3 Å². The fraction of sp³-hybridized carbons (Fsp3) is 0.278. The molecule has 0 saturated carbocycles. The molecule has 2 N–H and O–H groups in total. The molecule has 0 aliphatic heterocycles. The molecule has 116 valence electrons. The average Bonchev–Trinajstić information content (AvgIpc) is 2.53. The second kappa shape index (κ2) is 7.09. The highest BCUT2D eigenvalue weighted by atomic mass is 16.5. The van der Waals surface area contributed by atoms with E-state index >= 15 is 0 Å². The van der Waals surface area contributed by atoms with Crippen molar-refractivity contribution >= 4 is 5.97 Å². The zero-order chi connectivity index (χ0) is 16.1. The molecular formula is C18H21NO3. The first-order chi connectivity index (χ1) is 10.5. The van der Waals surface area contributed by atoms with E-state index in [-0.39, 0.29) is 0 Å². The largest absolute Gasteiger partial charge is 0.488 e. The minimum atomic E-state index is -0.773. The van der Waals surface area contributed by atoms with Crippen LogP contribution in [0.1, 0.15) is 28.3 Å². The van der Waals surface area contributed by atoms with Crippen LogP contribution < -0.4 is 10.5 Å². The van der Waals surface area contributed by atoms with Gasteiger partial charge < -0.3 is 15.2 Å². The van der Waals surface area contributed by atoms with Crippen molar-refractivity contribution < 1.29 is 14.3 Å². The average molecular weight is 299 g/mol. The second-order valence-electron chi connectivity index (χ2n) is 5.26. The standard InChI is InChI=1S/C18H21NO3/c1-12-9-15(16(19)18(20)21-3)10-13(2)17(12)22-11-14-7-5-4-6-8-14/h4-10,16H,11,19H2,1-3H3/t16-/m0/s1. The third-order valence-corrected chi connectivity index (χ3v) is 3.52. The summed E-state index contributed by atoms with van der Waals surface area (Å²) < 4.78 is 10.6. The molecule has 0 bridgehead atoms. The number of nitrogens with two attached hydrogens (primary N) is 1. The Labute approximate surface area is 130 Å². The van der Waals surface area contributed by atoms with Crippen molar-refractivity contribution in [3.05, 3.63) is 64.7 Å². The monoisotopic (exact) mass is 299 g/mol. The van der Waals surface area contributed by atoms with Crippen molar-refractivity contribution in [1.82, 2.24) is 0 Å². The van der Waals surface area contributed by atoms with E-state index < -0.39 is 12.0 Å². The number of aryl methyl sites for hydroxylation is 2. The van der Waals surface area contributed by atoms with Gasteiger partial charge in [0.2, 0.25) is 0 Å². The first-order valence-electron chi connectivity index (χ1n) is 7.14. The molecule has 2 aromatic carbocycles. The minimum absolute atomic E-state index is 0.447. The fourth-order valence-electron chi connectivity index (χ4n) is 2.38. The van der Waals surface area contributed by atoms with E-state index in [1.54, 1.807) is 0 Å². The van der Waals surface area contributed by atoms with Gasteiger partial charge in [-0.05, 0) is 36.1 Å². The minimum Gasteiger partial charge on any atom is -0.488 e. The number of carbonyl (C=O) groups excluding carboxylic acids is 1. The number of ether oxygens (including phenoxy) is 2. The lowest BCUT2D eigenvalue weighted by atomic mass is 10.0. The van der Waals surface area contributed by atoms with Crippen molar-refractivity contribution in [2.75, 3.05) is 7.11 Å². The number of hydrogen-bond donors (Lipinski definition) is 1. The molecule has 22 heavy (non-hydrogen) atoms. The van der Waals surface area contributed by atoms with Crippen LogP contribution in [0, 0.1) is 13.8 Å². The number of rotatable bonds is 5. The van der Waals surface area contributed by atoms with Gasteiger partial charge in [-0.1, -0.05) is 42.5 Å². The molecule has 0 saturated heterocycles. The summed E-state index contributed by atoms with van der Waals surface area (Å²) >= 11 is 0. The molecule has 0 fully saturated rings. The van der Waals surface area contributed by atoms with Gasteiger partial charge in [0.1, 0.15) is 18.4 Å². The maximum Gasteiger partial charge on any atom is 0.327 e. The molecule has 0 aliphatic rings. The molecule has 0 aliphatic carbocycles. The first kappa shape index (κ1) is 16.0. The highest BCUT2D eigenvalue weighted by Crippen LogP contribution is 2.28. The summed E-state index contributed by atoms with van der Waals surface area (Å²) in [6, 6.07) is 12.9. The van der Waals surface area contributed by atoms with Crippen LogP contribution in [0.25, 0.3) is 0 Å². The van der Waals surface area contributed by atoms with Gasteiger partial charge in [0.15, 0.2) is 0 Å². The van der Waals surface area contributed by atoms with E-state index in [4.69, 9.17) is 10.5 Å². The Morgan fingerprint density at radius 3 is 2.27 bits per heavy atom. The van der Waals surface area contributed by atoms with Gasteiger partial charge in [-0.15, -0.1) is 0 Å². The summed E-state index contributed by atoms with van der Waals surface area (Å²) in [5.74, 6) is 0.376. The Morgan fingerprint density at radius 2 is 1.73 bits per heavy atom. The lowest BCUT2D eigenvalue weighted by Gasteiger charge is -2.16. The van der Waals surface area contributed by atoms with E-state index in [0.717, 1.165) is 28.0 Å². The number of carbonyl (C=O) groups is 1. The van der Waals surface area contributed by atoms with Crippen LogP contribution in [-0.4, -0.2) is 13.1 Å². The van der Waals surface area contributed by atoms with Crippen LogP contribution in [-0.2, 0) is 16.1 Å². The van der Waals surface area contributed by atoms with Gasteiger partial charge in [0.25, 0.3) is 0 Å². The third-order valence-electron chi connectivity index (χ3n) is 3.52. The molecule has 2 rings (SSSR count). The predicted molar refractivity (Wildman–Crippen MR) is 85.6 cm³/mol. The second-order valence-corrected chi connectivity index (χ2v) is 5.26. The zero-order valence-electron chi connectivity index (χ0n) is 13.1. The van der Waals surface area contributed by atoms with Crippen LogP contribution in [0.2, 0.25) is 0 Å². The molecule has 2 aromatic rings. The Hall–Kier alpha value is -2.33. The quantitative estimate of drug-likeness (QED) is 0.862. The third kappa shape index (κ3) is 3.65. The fourth-order valence-corrected chi connectivity index (χ4v) is 2.38. The van der Waals surface area contributed by atoms with E-state index in [9.17, 15) is 4.79 Å². The van der Waals surface area contributed by atoms with E-state index in [1.165, 1.54) is 7.11 Å². The SMILES string of the molecule is COC(=O)[C@@H](N)c1cc(C)c(OCc2ccccc2)c(C)c1.